The molecule has 1 aliphatic heterocycles. The van der Waals surface area contributed by atoms with Crippen molar-refractivity contribution < 1.29 is 0 Å². The van der Waals surface area contributed by atoms with Gasteiger partial charge in [0.15, 0.2) is 0 Å². The smallest absolute Gasteiger partial charge is 0.102 e. The van der Waals surface area contributed by atoms with Gasteiger partial charge < -0.3 is 10.6 Å². The molecule has 0 saturated carbocycles. The Bertz CT molecular complexity index is 481. The summed E-state index contributed by atoms with van der Waals surface area (Å²) < 4.78 is 0. The number of amidine groups is 1. The number of aliphatic imine (C=N–C) groups is 1. The Labute approximate surface area is 155 Å². The van der Waals surface area contributed by atoms with E-state index in [-0.39, 0.29) is 0 Å². The minimum absolute atomic E-state index is 0.640. The highest BCUT2D eigenvalue weighted by Gasteiger charge is 2.22. The first-order valence-electron chi connectivity index (χ1n) is 9.90. The van der Waals surface area contributed by atoms with E-state index >= 15 is 0 Å². The first kappa shape index (κ1) is 21.4. The van der Waals surface area contributed by atoms with Gasteiger partial charge in [0.25, 0.3) is 0 Å². The maximum Gasteiger partial charge on any atom is 0.102 e. The van der Waals surface area contributed by atoms with E-state index in [1.165, 1.54) is 49.9 Å². The summed E-state index contributed by atoms with van der Waals surface area (Å²) in [5.41, 5.74) is 6.54. The van der Waals surface area contributed by atoms with Gasteiger partial charge in [-0.15, -0.1) is 6.58 Å². The van der Waals surface area contributed by atoms with Gasteiger partial charge in [-0.05, 0) is 18.4 Å². The molecule has 0 spiro atoms. The summed E-state index contributed by atoms with van der Waals surface area (Å²) in [4.78, 5) is 7.10. The molecule has 1 heterocycles. The number of benzene rings is 1. The number of unbranched alkanes of at least 4 members (excludes halogenated alkanes) is 3. The van der Waals surface area contributed by atoms with Crippen LogP contribution in [-0.4, -0.2) is 30.4 Å². The fraction of sp³-hybridized carbons (Fsp3) is 0.591. The molecule has 0 aromatic heterocycles. The molecule has 3 nitrogen and oxygen atoms in total. The van der Waals surface area contributed by atoms with Crippen LogP contribution in [0.25, 0.3) is 0 Å². The Morgan fingerprint density at radius 2 is 1.96 bits per heavy atom. The average molecular weight is 344 g/mol. The first-order chi connectivity index (χ1) is 12.3. The van der Waals surface area contributed by atoms with Crippen LogP contribution in [0.4, 0.5) is 0 Å². The summed E-state index contributed by atoms with van der Waals surface area (Å²) in [7, 11) is 0. The SMILES string of the molecule is C=CCN1CCN=C1C(CC)CCCCCC.NCc1ccccc1. The van der Waals surface area contributed by atoms with Crippen LogP contribution >= 0.6 is 0 Å². The lowest BCUT2D eigenvalue weighted by atomic mass is 9.96. The van der Waals surface area contributed by atoms with E-state index in [0.29, 0.717) is 12.5 Å². The lowest BCUT2D eigenvalue weighted by molar-refractivity contribution is 0.446. The zero-order valence-corrected chi connectivity index (χ0v) is 16.3. The predicted octanol–water partition coefficient (Wildman–Crippen LogP) is 5.03. The van der Waals surface area contributed by atoms with E-state index in [2.05, 4.69) is 25.3 Å². The Kier molecular flexibility index (Phi) is 11.7. The van der Waals surface area contributed by atoms with Gasteiger partial charge in [-0.25, -0.2) is 0 Å². The zero-order valence-electron chi connectivity index (χ0n) is 16.3. The topological polar surface area (TPSA) is 41.6 Å². The van der Waals surface area contributed by atoms with Crippen molar-refractivity contribution >= 4 is 5.84 Å². The summed E-state index contributed by atoms with van der Waals surface area (Å²) in [6.07, 6.45) is 9.95. The van der Waals surface area contributed by atoms with E-state index in [4.69, 9.17) is 10.7 Å². The van der Waals surface area contributed by atoms with E-state index in [1.54, 1.807) is 0 Å². The van der Waals surface area contributed by atoms with Crippen molar-refractivity contribution in [3.8, 4) is 0 Å². The molecule has 1 aromatic rings. The first-order valence-corrected chi connectivity index (χ1v) is 9.90. The molecule has 0 saturated heterocycles. The molecular formula is C22H37N3. The van der Waals surface area contributed by atoms with Crippen LogP contribution < -0.4 is 5.73 Å². The standard InChI is InChI=1S/C15H28N2.C7H9N/c1-4-7-8-9-10-14(6-3)15-16-11-13-17(15)12-5-2;8-6-7-4-2-1-3-5-7/h5,14H,2,4,6-13H2,1,3H3;1-5H,6,8H2. The van der Waals surface area contributed by atoms with Crippen LogP contribution in [0.5, 0.6) is 0 Å². The highest BCUT2D eigenvalue weighted by atomic mass is 15.2. The van der Waals surface area contributed by atoms with Crippen molar-refractivity contribution in [2.45, 2.75) is 58.9 Å². The number of hydrogen-bond donors (Lipinski definition) is 1. The van der Waals surface area contributed by atoms with Crippen LogP contribution in [0, 0.1) is 5.92 Å². The van der Waals surface area contributed by atoms with Crippen LogP contribution in [-0.2, 0) is 6.54 Å². The fourth-order valence-corrected chi connectivity index (χ4v) is 3.18. The monoisotopic (exact) mass is 343 g/mol. The molecule has 1 aromatic carbocycles. The van der Waals surface area contributed by atoms with Crippen molar-refractivity contribution in [1.82, 2.24) is 4.90 Å². The van der Waals surface area contributed by atoms with Gasteiger partial charge >= 0.3 is 0 Å². The summed E-state index contributed by atoms with van der Waals surface area (Å²) in [6, 6.07) is 9.99. The number of nitrogens with zero attached hydrogens (tertiary/aromatic N) is 2. The molecule has 25 heavy (non-hydrogen) atoms. The van der Waals surface area contributed by atoms with Crippen LogP contribution in [0.1, 0.15) is 57.9 Å². The Hall–Kier alpha value is -1.61. The second kappa shape index (κ2) is 13.7. The Balaban J connectivity index is 0.000000324. The third-order valence-electron chi connectivity index (χ3n) is 4.66. The largest absolute Gasteiger partial charge is 0.355 e. The van der Waals surface area contributed by atoms with Crippen LogP contribution in [0.2, 0.25) is 0 Å². The van der Waals surface area contributed by atoms with E-state index < -0.39 is 0 Å². The van der Waals surface area contributed by atoms with Gasteiger partial charge in [0, 0.05) is 25.6 Å². The van der Waals surface area contributed by atoms with E-state index in [9.17, 15) is 0 Å². The van der Waals surface area contributed by atoms with Crippen molar-refractivity contribution in [2.24, 2.45) is 16.6 Å². The summed E-state index contributed by atoms with van der Waals surface area (Å²) in [5.74, 6) is 2.03. The summed E-state index contributed by atoms with van der Waals surface area (Å²) in [6.45, 7) is 12.1. The Morgan fingerprint density at radius 1 is 1.20 bits per heavy atom. The van der Waals surface area contributed by atoms with Gasteiger partial charge in [-0.2, -0.15) is 0 Å². The minimum Gasteiger partial charge on any atom is -0.355 e. The maximum atomic E-state index is 5.35. The normalized spacial score (nSPS) is 14.5. The van der Waals surface area contributed by atoms with Crippen LogP contribution in [0.15, 0.2) is 48.0 Å². The number of rotatable bonds is 10. The van der Waals surface area contributed by atoms with Gasteiger partial charge in [0.2, 0.25) is 0 Å². The molecule has 0 radical (unpaired) electrons. The zero-order chi connectivity index (χ0) is 18.3. The van der Waals surface area contributed by atoms with Crippen molar-refractivity contribution in [1.29, 1.82) is 0 Å². The lowest BCUT2D eigenvalue weighted by Gasteiger charge is -2.25. The molecule has 1 unspecified atom stereocenters. The van der Waals surface area contributed by atoms with E-state index in [1.807, 2.05) is 36.4 Å². The number of nitrogens with two attached hydrogens (primary N) is 1. The third kappa shape index (κ3) is 8.35. The molecule has 0 bridgehead atoms. The highest BCUT2D eigenvalue weighted by molar-refractivity contribution is 5.86. The quantitative estimate of drug-likeness (QED) is 0.478. The summed E-state index contributed by atoms with van der Waals surface area (Å²) in [5, 5.41) is 0. The molecule has 0 fully saturated rings. The molecule has 140 valence electrons. The van der Waals surface area contributed by atoms with Gasteiger partial charge in [-0.1, -0.05) is 75.9 Å². The molecular weight excluding hydrogens is 306 g/mol. The Morgan fingerprint density at radius 3 is 2.52 bits per heavy atom. The third-order valence-corrected chi connectivity index (χ3v) is 4.66. The van der Waals surface area contributed by atoms with Crippen LogP contribution in [0.3, 0.4) is 0 Å². The molecule has 2 N–H and O–H groups in total. The van der Waals surface area contributed by atoms with Gasteiger partial charge in [0.05, 0.1) is 6.54 Å². The molecule has 0 aliphatic carbocycles. The molecule has 1 atom stereocenters. The lowest BCUT2D eigenvalue weighted by Crippen LogP contribution is -2.33. The second-order valence-electron chi connectivity index (χ2n) is 6.62. The van der Waals surface area contributed by atoms with Gasteiger partial charge in [0.1, 0.15) is 5.84 Å². The number of hydrogen-bond acceptors (Lipinski definition) is 3. The van der Waals surface area contributed by atoms with E-state index in [0.717, 1.165) is 19.6 Å². The van der Waals surface area contributed by atoms with Crippen molar-refractivity contribution in [3.63, 3.8) is 0 Å². The fourth-order valence-electron chi connectivity index (χ4n) is 3.18. The summed E-state index contributed by atoms with van der Waals surface area (Å²) >= 11 is 0. The molecule has 3 heteroatoms. The molecule has 0 amide bonds. The second-order valence-corrected chi connectivity index (χ2v) is 6.62. The molecule has 1 aliphatic rings. The molecule has 2 rings (SSSR count). The maximum absolute atomic E-state index is 5.35. The predicted molar refractivity (Wildman–Crippen MR) is 111 cm³/mol. The van der Waals surface area contributed by atoms with Gasteiger partial charge in [-0.3, -0.25) is 4.99 Å². The average Bonchev–Trinajstić information content (AvgIpc) is 3.11. The highest BCUT2D eigenvalue weighted by Crippen LogP contribution is 2.20. The van der Waals surface area contributed by atoms with Crippen molar-refractivity contribution in [2.75, 3.05) is 19.6 Å². The van der Waals surface area contributed by atoms with Crippen molar-refractivity contribution in [3.05, 3.63) is 48.6 Å². The minimum atomic E-state index is 0.640.